The van der Waals surface area contributed by atoms with Crippen LogP contribution in [-0.4, -0.2) is 41.1 Å². The van der Waals surface area contributed by atoms with Gasteiger partial charge in [0, 0.05) is 32.6 Å². The normalized spacial score (nSPS) is 24.1. The zero-order valence-electron chi connectivity index (χ0n) is 12.5. The molecule has 3 rings (SSSR count). The molecule has 0 saturated carbocycles. The lowest BCUT2D eigenvalue weighted by molar-refractivity contribution is -0.151. The van der Waals surface area contributed by atoms with Crippen molar-refractivity contribution in [3.05, 3.63) is 35.4 Å². The minimum absolute atomic E-state index is 0.0613. The maximum absolute atomic E-state index is 12.5. The fraction of sp³-hybridized carbons (Fsp3) is 0.529. The summed E-state index contributed by atoms with van der Waals surface area (Å²) in [4.78, 5) is 25.6. The van der Waals surface area contributed by atoms with Gasteiger partial charge in [0.25, 0.3) is 0 Å². The highest BCUT2D eigenvalue weighted by Gasteiger charge is 2.34. The standard InChI is InChI=1S/C17H21NO4/c19-16(6-5-12-7-8-22-11-12)18-10-14-4-2-1-3-13(14)9-15(18)17(20)21/h1-4,12,15H,5-11H2,(H,20,21)/t12-,15-/m1/s1. The number of amides is 1. The topological polar surface area (TPSA) is 66.8 Å². The maximum Gasteiger partial charge on any atom is 0.326 e. The van der Waals surface area contributed by atoms with Crippen LogP contribution in [0.5, 0.6) is 0 Å². The minimum atomic E-state index is -0.924. The molecular weight excluding hydrogens is 282 g/mol. The molecule has 0 aromatic heterocycles. The summed E-state index contributed by atoms with van der Waals surface area (Å²) in [7, 11) is 0. The Labute approximate surface area is 129 Å². The first kappa shape index (κ1) is 15.0. The van der Waals surface area contributed by atoms with Crippen LogP contribution in [0.1, 0.15) is 30.4 Å². The number of carboxylic acids is 1. The number of carbonyl (C=O) groups excluding carboxylic acids is 1. The summed E-state index contributed by atoms with van der Waals surface area (Å²) in [5.41, 5.74) is 2.08. The van der Waals surface area contributed by atoms with E-state index in [-0.39, 0.29) is 5.91 Å². The van der Waals surface area contributed by atoms with Gasteiger partial charge in [0.1, 0.15) is 6.04 Å². The Hall–Kier alpha value is -1.88. The third kappa shape index (κ3) is 3.14. The lowest BCUT2D eigenvalue weighted by Crippen LogP contribution is -2.48. The Bertz CT molecular complexity index is 566. The highest BCUT2D eigenvalue weighted by atomic mass is 16.5. The minimum Gasteiger partial charge on any atom is -0.480 e. The van der Waals surface area contributed by atoms with Crippen molar-refractivity contribution in [3.63, 3.8) is 0 Å². The number of ether oxygens (including phenoxy) is 1. The average molecular weight is 303 g/mol. The first-order valence-electron chi connectivity index (χ1n) is 7.82. The molecule has 1 fully saturated rings. The maximum atomic E-state index is 12.5. The molecule has 1 N–H and O–H groups in total. The van der Waals surface area contributed by atoms with E-state index in [0.717, 1.165) is 37.2 Å². The number of hydrogen-bond acceptors (Lipinski definition) is 3. The van der Waals surface area contributed by atoms with Crippen molar-refractivity contribution in [2.75, 3.05) is 13.2 Å². The molecule has 0 bridgehead atoms. The van der Waals surface area contributed by atoms with Crippen LogP contribution in [-0.2, 0) is 27.3 Å². The molecule has 0 aliphatic carbocycles. The Balaban J connectivity index is 1.69. The quantitative estimate of drug-likeness (QED) is 0.921. The van der Waals surface area contributed by atoms with Crippen LogP contribution in [0.3, 0.4) is 0 Å². The van der Waals surface area contributed by atoms with Gasteiger partial charge in [0.2, 0.25) is 5.91 Å². The summed E-state index contributed by atoms with van der Waals surface area (Å²) in [5.74, 6) is -0.551. The second-order valence-corrected chi connectivity index (χ2v) is 6.12. The molecular formula is C17H21NO4. The Morgan fingerprint density at radius 2 is 2.05 bits per heavy atom. The van der Waals surface area contributed by atoms with Crippen molar-refractivity contribution in [1.29, 1.82) is 0 Å². The van der Waals surface area contributed by atoms with E-state index in [4.69, 9.17) is 4.74 Å². The SMILES string of the molecule is O=C(O)[C@H]1Cc2ccccc2CN1C(=O)CC[C@@H]1CCOC1. The molecule has 5 nitrogen and oxygen atoms in total. The molecule has 2 heterocycles. The molecule has 0 spiro atoms. The first-order valence-corrected chi connectivity index (χ1v) is 7.82. The van der Waals surface area contributed by atoms with Gasteiger partial charge in [-0.25, -0.2) is 4.79 Å². The van der Waals surface area contributed by atoms with Crippen LogP contribution in [0.15, 0.2) is 24.3 Å². The summed E-state index contributed by atoms with van der Waals surface area (Å²) in [6, 6.07) is 7.01. The van der Waals surface area contributed by atoms with Crippen LogP contribution >= 0.6 is 0 Å². The highest BCUT2D eigenvalue weighted by Crippen LogP contribution is 2.25. The van der Waals surface area contributed by atoms with Gasteiger partial charge in [-0.3, -0.25) is 4.79 Å². The van der Waals surface area contributed by atoms with Gasteiger partial charge in [-0.05, 0) is 29.9 Å². The smallest absolute Gasteiger partial charge is 0.326 e. The number of carboxylic acid groups (broad SMARTS) is 1. The monoisotopic (exact) mass is 303 g/mol. The fourth-order valence-electron chi connectivity index (χ4n) is 3.29. The molecule has 1 aromatic carbocycles. The zero-order valence-corrected chi connectivity index (χ0v) is 12.5. The van der Waals surface area contributed by atoms with E-state index >= 15 is 0 Å². The van der Waals surface area contributed by atoms with E-state index in [1.165, 1.54) is 4.90 Å². The Morgan fingerprint density at radius 3 is 2.73 bits per heavy atom. The molecule has 2 atom stereocenters. The Kier molecular flexibility index (Phi) is 4.43. The molecule has 1 aromatic rings. The van der Waals surface area contributed by atoms with E-state index in [1.54, 1.807) is 0 Å². The fourth-order valence-corrected chi connectivity index (χ4v) is 3.29. The number of hydrogen-bond donors (Lipinski definition) is 1. The largest absolute Gasteiger partial charge is 0.480 e. The lowest BCUT2D eigenvalue weighted by atomic mass is 9.93. The van der Waals surface area contributed by atoms with Crippen LogP contribution in [0.4, 0.5) is 0 Å². The second kappa shape index (κ2) is 6.48. The van der Waals surface area contributed by atoms with Crippen molar-refractivity contribution in [2.45, 2.75) is 38.3 Å². The van der Waals surface area contributed by atoms with E-state index in [2.05, 4.69) is 0 Å². The second-order valence-electron chi connectivity index (χ2n) is 6.12. The van der Waals surface area contributed by atoms with Crippen LogP contribution in [0.25, 0.3) is 0 Å². The number of nitrogens with zero attached hydrogens (tertiary/aromatic N) is 1. The molecule has 1 amide bonds. The molecule has 0 radical (unpaired) electrons. The van der Waals surface area contributed by atoms with Crippen molar-refractivity contribution < 1.29 is 19.4 Å². The third-order valence-corrected chi connectivity index (χ3v) is 4.64. The van der Waals surface area contributed by atoms with Crippen molar-refractivity contribution in [2.24, 2.45) is 5.92 Å². The van der Waals surface area contributed by atoms with Gasteiger partial charge in [-0.2, -0.15) is 0 Å². The summed E-state index contributed by atoms with van der Waals surface area (Å²) < 4.78 is 5.32. The third-order valence-electron chi connectivity index (χ3n) is 4.64. The molecule has 118 valence electrons. The van der Waals surface area contributed by atoms with Crippen molar-refractivity contribution >= 4 is 11.9 Å². The number of benzene rings is 1. The average Bonchev–Trinajstić information content (AvgIpc) is 3.04. The summed E-state index contributed by atoms with van der Waals surface area (Å²) in [5, 5.41) is 9.45. The Morgan fingerprint density at radius 1 is 1.27 bits per heavy atom. The van der Waals surface area contributed by atoms with Gasteiger partial charge < -0.3 is 14.7 Å². The summed E-state index contributed by atoms with van der Waals surface area (Å²) in [6.07, 6.45) is 2.57. The summed E-state index contributed by atoms with van der Waals surface area (Å²) >= 11 is 0. The predicted octanol–water partition coefficient (Wildman–Crippen LogP) is 1.84. The van der Waals surface area contributed by atoms with E-state index in [0.29, 0.717) is 25.3 Å². The number of carbonyl (C=O) groups is 2. The van der Waals surface area contributed by atoms with Gasteiger partial charge in [0.15, 0.2) is 0 Å². The summed E-state index contributed by atoms with van der Waals surface area (Å²) in [6.45, 7) is 1.89. The van der Waals surface area contributed by atoms with Crippen LogP contribution in [0.2, 0.25) is 0 Å². The zero-order chi connectivity index (χ0) is 15.5. The molecule has 2 aliphatic rings. The molecule has 0 unspecified atom stereocenters. The van der Waals surface area contributed by atoms with E-state index < -0.39 is 12.0 Å². The van der Waals surface area contributed by atoms with Gasteiger partial charge in [-0.15, -0.1) is 0 Å². The van der Waals surface area contributed by atoms with Crippen LogP contribution in [0, 0.1) is 5.92 Å². The lowest BCUT2D eigenvalue weighted by Gasteiger charge is -2.34. The molecule has 1 saturated heterocycles. The predicted molar refractivity (Wildman–Crippen MR) is 80.3 cm³/mol. The molecule has 22 heavy (non-hydrogen) atoms. The van der Waals surface area contributed by atoms with Crippen LogP contribution < -0.4 is 0 Å². The highest BCUT2D eigenvalue weighted by molar-refractivity contribution is 5.84. The van der Waals surface area contributed by atoms with Crippen molar-refractivity contribution in [1.82, 2.24) is 4.90 Å². The number of fused-ring (bicyclic) bond motifs is 1. The van der Waals surface area contributed by atoms with E-state index in [9.17, 15) is 14.7 Å². The number of aliphatic carboxylic acids is 1. The first-order chi connectivity index (χ1) is 10.6. The van der Waals surface area contributed by atoms with Gasteiger partial charge >= 0.3 is 5.97 Å². The van der Waals surface area contributed by atoms with E-state index in [1.807, 2.05) is 24.3 Å². The molecule has 2 aliphatic heterocycles. The van der Waals surface area contributed by atoms with Gasteiger partial charge in [0.05, 0.1) is 0 Å². The van der Waals surface area contributed by atoms with Gasteiger partial charge in [-0.1, -0.05) is 24.3 Å². The molecule has 5 heteroatoms. The van der Waals surface area contributed by atoms with Crippen molar-refractivity contribution in [3.8, 4) is 0 Å². The number of rotatable bonds is 4.